The fraction of sp³-hybridized carbons (Fsp3) is 0.158. The number of nitrogens with zero attached hydrogens (tertiary/aromatic N) is 5. The first-order valence-corrected chi connectivity index (χ1v) is 10.9. The van der Waals surface area contributed by atoms with Crippen molar-refractivity contribution in [1.82, 2.24) is 24.9 Å². The van der Waals surface area contributed by atoms with Crippen molar-refractivity contribution in [2.24, 2.45) is 0 Å². The minimum atomic E-state index is 0.285. The Morgan fingerprint density at radius 3 is 2.86 bits per heavy atom. The van der Waals surface area contributed by atoms with Crippen LogP contribution in [-0.4, -0.2) is 24.9 Å². The molecule has 0 aliphatic rings. The van der Waals surface area contributed by atoms with Gasteiger partial charge in [-0.2, -0.15) is 4.98 Å². The average molecular weight is 446 g/mol. The number of thioether (sulfide) groups is 1. The number of hydrogen-bond donors (Lipinski definition) is 0. The highest BCUT2D eigenvalue weighted by atomic mass is 35.5. The minimum Gasteiger partial charge on any atom is -0.486 e. The highest BCUT2D eigenvalue weighted by Gasteiger charge is 2.15. The average Bonchev–Trinajstić information content (AvgIpc) is 3.48. The quantitative estimate of drug-likeness (QED) is 0.262. The molecule has 3 aromatic heterocycles. The van der Waals surface area contributed by atoms with Gasteiger partial charge in [0.2, 0.25) is 0 Å². The Morgan fingerprint density at radius 2 is 2.10 bits per heavy atom. The molecule has 0 amide bonds. The van der Waals surface area contributed by atoms with Gasteiger partial charge in [0.25, 0.3) is 5.89 Å². The van der Waals surface area contributed by atoms with Crippen LogP contribution in [-0.2, 0) is 18.9 Å². The van der Waals surface area contributed by atoms with Gasteiger partial charge in [0.05, 0.1) is 10.6 Å². The Bertz CT molecular complexity index is 1080. The van der Waals surface area contributed by atoms with Gasteiger partial charge in [-0.3, -0.25) is 4.57 Å². The van der Waals surface area contributed by atoms with E-state index >= 15 is 0 Å². The van der Waals surface area contributed by atoms with Crippen molar-refractivity contribution < 1.29 is 9.26 Å². The number of allylic oxidation sites excluding steroid dienone is 1. The second-order valence-electron chi connectivity index (χ2n) is 5.82. The van der Waals surface area contributed by atoms with Crippen LogP contribution in [0.2, 0.25) is 5.02 Å². The second kappa shape index (κ2) is 9.25. The number of thiophene rings is 1. The van der Waals surface area contributed by atoms with Crippen molar-refractivity contribution in [2.45, 2.75) is 24.1 Å². The first-order chi connectivity index (χ1) is 14.2. The molecular weight excluding hydrogens is 430 g/mol. The molecule has 0 aliphatic heterocycles. The molecule has 0 saturated carbocycles. The Morgan fingerprint density at radius 1 is 1.24 bits per heavy atom. The molecule has 4 aromatic rings. The van der Waals surface area contributed by atoms with Crippen LogP contribution in [0, 0.1) is 0 Å². The standard InChI is InChI=1S/C19H16ClN5O2S2/c1-2-9-25-17(11-26-14-7-5-13(20)6-8-14)22-23-19(25)29-12-16-21-18(27-24-16)15-4-3-10-28-15/h2-8,10H,1,9,11-12H2. The van der Waals surface area contributed by atoms with E-state index < -0.39 is 0 Å². The summed E-state index contributed by atoms with van der Waals surface area (Å²) in [4.78, 5) is 5.38. The zero-order valence-electron chi connectivity index (χ0n) is 15.2. The summed E-state index contributed by atoms with van der Waals surface area (Å²) in [6.45, 7) is 4.67. The van der Waals surface area contributed by atoms with Crippen molar-refractivity contribution >= 4 is 34.7 Å². The zero-order valence-corrected chi connectivity index (χ0v) is 17.6. The van der Waals surface area contributed by atoms with Gasteiger partial charge in [-0.25, -0.2) is 0 Å². The molecule has 0 N–H and O–H groups in total. The Kier molecular flexibility index (Phi) is 6.28. The summed E-state index contributed by atoms with van der Waals surface area (Å²) in [5.41, 5.74) is 0. The van der Waals surface area contributed by atoms with Gasteiger partial charge in [-0.05, 0) is 35.7 Å². The number of halogens is 1. The first-order valence-electron chi connectivity index (χ1n) is 8.63. The van der Waals surface area contributed by atoms with Gasteiger partial charge in [0, 0.05) is 11.6 Å². The third-order valence-electron chi connectivity index (χ3n) is 3.82. The molecule has 0 atom stereocenters. The van der Waals surface area contributed by atoms with Crippen molar-refractivity contribution in [1.29, 1.82) is 0 Å². The molecule has 0 spiro atoms. The molecule has 0 saturated heterocycles. The molecule has 7 nitrogen and oxygen atoms in total. The van der Waals surface area contributed by atoms with Crippen LogP contribution in [0.3, 0.4) is 0 Å². The SMILES string of the molecule is C=CCn1c(COc2ccc(Cl)cc2)nnc1SCc1noc(-c2cccs2)n1. The molecule has 4 rings (SSSR count). The molecule has 148 valence electrons. The van der Waals surface area contributed by atoms with E-state index in [0.29, 0.717) is 40.6 Å². The number of ether oxygens (including phenoxy) is 1. The summed E-state index contributed by atoms with van der Waals surface area (Å²) in [6.07, 6.45) is 1.79. The molecule has 0 unspecified atom stereocenters. The summed E-state index contributed by atoms with van der Waals surface area (Å²) in [5.74, 6) is 3.06. The van der Waals surface area contributed by atoms with E-state index in [1.54, 1.807) is 29.5 Å². The van der Waals surface area contributed by atoms with Crippen LogP contribution in [0.15, 0.2) is 64.1 Å². The van der Waals surface area contributed by atoms with E-state index in [-0.39, 0.29) is 6.61 Å². The number of rotatable bonds is 9. The van der Waals surface area contributed by atoms with Crippen LogP contribution in [0.4, 0.5) is 0 Å². The second-order valence-corrected chi connectivity index (χ2v) is 8.15. The lowest BCUT2D eigenvalue weighted by Crippen LogP contribution is -2.07. The number of hydrogen-bond acceptors (Lipinski definition) is 8. The molecule has 0 radical (unpaired) electrons. The van der Waals surface area contributed by atoms with E-state index in [4.69, 9.17) is 20.9 Å². The van der Waals surface area contributed by atoms with Gasteiger partial charge >= 0.3 is 0 Å². The van der Waals surface area contributed by atoms with Crippen LogP contribution in [0.25, 0.3) is 10.8 Å². The molecule has 3 heterocycles. The van der Waals surface area contributed by atoms with Crippen LogP contribution >= 0.6 is 34.7 Å². The predicted octanol–water partition coefficient (Wildman–Crippen LogP) is 5.10. The van der Waals surface area contributed by atoms with E-state index in [1.165, 1.54) is 11.8 Å². The summed E-state index contributed by atoms with van der Waals surface area (Å²) < 4.78 is 13.1. The van der Waals surface area contributed by atoms with Gasteiger partial charge < -0.3 is 9.26 Å². The molecule has 1 aromatic carbocycles. The topological polar surface area (TPSA) is 78.9 Å². The summed E-state index contributed by atoms with van der Waals surface area (Å²) >= 11 is 8.94. The van der Waals surface area contributed by atoms with Gasteiger partial charge in [-0.15, -0.1) is 28.1 Å². The number of aromatic nitrogens is 5. The van der Waals surface area contributed by atoms with Crippen LogP contribution in [0.5, 0.6) is 5.75 Å². The highest BCUT2D eigenvalue weighted by molar-refractivity contribution is 7.98. The molecular formula is C19H16ClN5O2S2. The van der Waals surface area contributed by atoms with E-state index in [9.17, 15) is 0 Å². The Balaban J connectivity index is 1.42. The maximum Gasteiger partial charge on any atom is 0.268 e. The molecule has 29 heavy (non-hydrogen) atoms. The maximum absolute atomic E-state index is 5.90. The number of benzene rings is 1. The van der Waals surface area contributed by atoms with Crippen molar-refractivity contribution in [3.05, 3.63) is 71.1 Å². The van der Waals surface area contributed by atoms with Crippen molar-refractivity contribution in [3.63, 3.8) is 0 Å². The highest BCUT2D eigenvalue weighted by Crippen LogP contribution is 2.26. The first kappa shape index (κ1) is 19.7. The lowest BCUT2D eigenvalue weighted by molar-refractivity contribution is 0.289. The molecule has 0 bridgehead atoms. The lowest BCUT2D eigenvalue weighted by Gasteiger charge is -2.08. The Hall–Kier alpha value is -2.62. The predicted molar refractivity (Wildman–Crippen MR) is 113 cm³/mol. The Labute approximate surface area is 180 Å². The molecule has 0 aliphatic carbocycles. The summed E-state index contributed by atoms with van der Waals surface area (Å²) in [6, 6.07) is 11.1. The molecule has 10 heteroatoms. The zero-order chi connectivity index (χ0) is 20.1. The third kappa shape index (κ3) is 4.87. The third-order valence-corrected chi connectivity index (χ3v) is 5.89. The normalized spacial score (nSPS) is 10.9. The monoisotopic (exact) mass is 445 g/mol. The van der Waals surface area contributed by atoms with Crippen molar-refractivity contribution in [3.8, 4) is 16.5 Å². The summed E-state index contributed by atoms with van der Waals surface area (Å²) in [7, 11) is 0. The van der Waals surface area contributed by atoms with Crippen molar-refractivity contribution in [2.75, 3.05) is 0 Å². The van der Waals surface area contributed by atoms with E-state index in [1.807, 2.05) is 34.2 Å². The van der Waals surface area contributed by atoms with E-state index in [0.717, 1.165) is 10.0 Å². The minimum absolute atomic E-state index is 0.285. The molecule has 0 fully saturated rings. The van der Waals surface area contributed by atoms with E-state index in [2.05, 4.69) is 26.9 Å². The fourth-order valence-electron chi connectivity index (χ4n) is 2.47. The summed E-state index contributed by atoms with van der Waals surface area (Å²) in [5, 5.41) is 15.9. The van der Waals surface area contributed by atoms with Crippen LogP contribution in [0.1, 0.15) is 11.6 Å². The van der Waals surface area contributed by atoms with Gasteiger partial charge in [0.15, 0.2) is 16.8 Å². The van der Waals surface area contributed by atoms with Crippen LogP contribution < -0.4 is 4.74 Å². The lowest BCUT2D eigenvalue weighted by atomic mass is 10.3. The fourth-order valence-corrected chi connectivity index (χ4v) is 4.05. The van der Waals surface area contributed by atoms with Gasteiger partial charge in [0.1, 0.15) is 12.4 Å². The largest absolute Gasteiger partial charge is 0.486 e. The smallest absolute Gasteiger partial charge is 0.268 e. The maximum atomic E-state index is 5.90. The van der Waals surface area contributed by atoms with Gasteiger partial charge in [-0.1, -0.05) is 40.7 Å².